The molecule has 126 valence electrons. The summed E-state index contributed by atoms with van der Waals surface area (Å²) in [6, 6.07) is 13.5. The zero-order valence-corrected chi connectivity index (χ0v) is 14.9. The Kier molecular flexibility index (Phi) is 3.58. The van der Waals surface area contributed by atoms with Crippen molar-refractivity contribution in [1.82, 2.24) is 9.55 Å². The van der Waals surface area contributed by atoms with Crippen molar-refractivity contribution in [2.75, 3.05) is 7.11 Å². The van der Waals surface area contributed by atoms with Crippen LogP contribution in [0.1, 0.15) is 5.56 Å². The molecule has 0 saturated heterocycles. The van der Waals surface area contributed by atoms with Gasteiger partial charge in [-0.15, -0.1) is 0 Å². The first-order valence-electron chi connectivity index (χ1n) is 7.95. The maximum Gasteiger partial charge on any atom is 0.259 e. The van der Waals surface area contributed by atoms with Crippen LogP contribution < -0.4 is 10.3 Å². The molecule has 2 aromatic heterocycles. The molecule has 5 heteroatoms. The van der Waals surface area contributed by atoms with E-state index in [-0.39, 0.29) is 5.56 Å². The molecule has 0 aliphatic heterocycles. The van der Waals surface area contributed by atoms with Gasteiger partial charge in [-0.3, -0.25) is 9.36 Å². The Morgan fingerprint density at radius 1 is 1.04 bits per heavy atom. The molecule has 2 heterocycles. The molecule has 1 N–H and O–H groups in total. The van der Waals surface area contributed by atoms with E-state index in [1.165, 1.54) is 5.56 Å². The predicted molar refractivity (Wildman–Crippen MR) is 103 cm³/mol. The van der Waals surface area contributed by atoms with Crippen LogP contribution in [0.2, 0.25) is 5.02 Å². The number of rotatable bonds is 2. The van der Waals surface area contributed by atoms with Gasteiger partial charge in [-0.1, -0.05) is 23.2 Å². The Bertz CT molecular complexity index is 1190. The van der Waals surface area contributed by atoms with Gasteiger partial charge in [0.25, 0.3) is 5.56 Å². The summed E-state index contributed by atoms with van der Waals surface area (Å²) >= 11 is 6.40. The highest BCUT2D eigenvalue weighted by molar-refractivity contribution is 6.33. The van der Waals surface area contributed by atoms with Crippen molar-refractivity contribution in [2.45, 2.75) is 6.92 Å². The molecular weight excluding hydrogens is 336 g/mol. The van der Waals surface area contributed by atoms with Crippen LogP contribution in [0, 0.1) is 6.92 Å². The van der Waals surface area contributed by atoms with Gasteiger partial charge in [0.05, 0.1) is 12.1 Å². The molecule has 25 heavy (non-hydrogen) atoms. The summed E-state index contributed by atoms with van der Waals surface area (Å²) in [7, 11) is 3.36. The molecule has 4 rings (SSSR count). The minimum Gasteiger partial charge on any atom is -0.497 e. The van der Waals surface area contributed by atoms with Crippen LogP contribution in [0.3, 0.4) is 0 Å². The second-order valence-corrected chi connectivity index (χ2v) is 6.61. The third-order valence-corrected chi connectivity index (χ3v) is 4.91. The summed E-state index contributed by atoms with van der Waals surface area (Å²) in [6.07, 6.45) is 0. The number of halogens is 1. The zero-order valence-electron chi connectivity index (χ0n) is 14.2. The molecular formula is C20H17ClN2O2. The Morgan fingerprint density at radius 2 is 1.84 bits per heavy atom. The number of benzene rings is 2. The number of hydrogen-bond acceptors (Lipinski definition) is 2. The first-order chi connectivity index (χ1) is 12.0. The van der Waals surface area contributed by atoms with Crippen molar-refractivity contribution in [3.63, 3.8) is 0 Å². The lowest BCUT2D eigenvalue weighted by Crippen LogP contribution is -2.19. The fourth-order valence-corrected chi connectivity index (χ4v) is 3.52. The smallest absolute Gasteiger partial charge is 0.259 e. The number of hydrogen-bond donors (Lipinski definition) is 1. The van der Waals surface area contributed by atoms with Crippen LogP contribution >= 0.6 is 11.6 Å². The molecule has 0 saturated carbocycles. The van der Waals surface area contributed by atoms with Crippen LogP contribution in [-0.2, 0) is 7.05 Å². The summed E-state index contributed by atoms with van der Waals surface area (Å²) in [5, 5.41) is 2.59. The van der Waals surface area contributed by atoms with Crippen molar-refractivity contribution in [2.24, 2.45) is 7.05 Å². The summed E-state index contributed by atoms with van der Waals surface area (Å²) < 4.78 is 6.84. The molecule has 0 atom stereocenters. The van der Waals surface area contributed by atoms with Crippen LogP contribution in [0.25, 0.3) is 33.1 Å². The molecule has 0 aliphatic rings. The van der Waals surface area contributed by atoms with Gasteiger partial charge < -0.3 is 9.72 Å². The highest BCUT2D eigenvalue weighted by Gasteiger charge is 2.15. The molecule has 0 amide bonds. The maximum absolute atomic E-state index is 12.9. The normalized spacial score (nSPS) is 11.4. The lowest BCUT2D eigenvalue weighted by atomic mass is 10.0. The number of nitrogens with zero attached hydrogens (tertiary/aromatic N) is 1. The van der Waals surface area contributed by atoms with Crippen molar-refractivity contribution in [3.8, 4) is 16.9 Å². The highest BCUT2D eigenvalue weighted by atomic mass is 35.5. The average molecular weight is 353 g/mol. The lowest BCUT2D eigenvalue weighted by molar-refractivity contribution is 0.415. The van der Waals surface area contributed by atoms with E-state index < -0.39 is 0 Å². The Labute approximate surface area is 149 Å². The summed E-state index contributed by atoms with van der Waals surface area (Å²) in [5.41, 5.74) is 4.17. The Balaban J connectivity index is 2.08. The van der Waals surface area contributed by atoms with Crippen LogP contribution in [0.5, 0.6) is 5.75 Å². The van der Waals surface area contributed by atoms with E-state index in [2.05, 4.69) is 24.0 Å². The first-order valence-corrected chi connectivity index (χ1v) is 8.33. The van der Waals surface area contributed by atoms with Crippen molar-refractivity contribution in [3.05, 3.63) is 63.4 Å². The number of H-pyrrole nitrogens is 1. The minimum absolute atomic E-state index is 0.0946. The van der Waals surface area contributed by atoms with Crippen molar-refractivity contribution >= 4 is 33.5 Å². The van der Waals surface area contributed by atoms with Gasteiger partial charge in [-0.25, -0.2) is 0 Å². The van der Waals surface area contributed by atoms with E-state index in [1.54, 1.807) is 24.8 Å². The number of aromatic nitrogens is 2. The number of pyridine rings is 1. The standard InChI is InChI=1S/C20H17ClN2O2/c1-11-4-7-18-14(8-11)15-10-16(20(24)23(2)19(15)22-18)13-6-5-12(25-3)9-17(13)21/h4-10,22H,1-3H3. The number of fused-ring (bicyclic) bond motifs is 3. The molecule has 0 unspecified atom stereocenters. The molecule has 4 nitrogen and oxygen atoms in total. The van der Waals surface area contributed by atoms with Gasteiger partial charge in [-0.2, -0.15) is 0 Å². The van der Waals surface area contributed by atoms with Crippen molar-refractivity contribution in [1.29, 1.82) is 0 Å². The molecule has 0 radical (unpaired) electrons. The topological polar surface area (TPSA) is 47.0 Å². The predicted octanol–water partition coefficient (Wildman–Crippen LogP) is 4.66. The second kappa shape index (κ2) is 5.67. The van der Waals surface area contributed by atoms with E-state index in [0.29, 0.717) is 21.9 Å². The number of ether oxygens (including phenoxy) is 1. The van der Waals surface area contributed by atoms with E-state index in [4.69, 9.17) is 16.3 Å². The van der Waals surface area contributed by atoms with Gasteiger partial charge in [0, 0.05) is 34.5 Å². The Morgan fingerprint density at radius 3 is 2.56 bits per heavy atom. The maximum atomic E-state index is 12.9. The third kappa shape index (κ3) is 2.41. The van der Waals surface area contributed by atoms with Gasteiger partial charge in [-0.05, 0) is 43.3 Å². The van der Waals surface area contributed by atoms with Crippen LogP contribution in [0.15, 0.2) is 47.3 Å². The first kappa shape index (κ1) is 15.8. The van der Waals surface area contributed by atoms with Gasteiger partial charge in [0.1, 0.15) is 11.4 Å². The number of methoxy groups -OCH3 is 1. The largest absolute Gasteiger partial charge is 0.497 e. The SMILES string of the molecule is COc1ccc(-c2cc3c4cc(C)ccc4[nH]c3n(C)c2=O)c(Cl)c1. The third-order valence-electron chi connectivity index (χ3n) is 4.60. The summed E-state index contributed by atoms with van der Waals surface area (Å²) in [4.78, 5) is 16.2. The van der Waals surface area contributed by atoms with E-state index in [9.17, 15) is 4.79 Å². The fourth-order valence-electron chi connectivity index (χ4n) is 3.25. The average Bonchev–Trinajstić information content (AvgIpc) is 2.96. The number of nitrogens with one attached hydrogen (secondary N) is 1. The van der Waals surface area contributed by atoms with E-state index in [1.807, 2.05) is 24.3 Å². The molecule has 0 spiro atoms. The van der Waals surface area contributed by atoms with E-state index in [0.717, 1.165) is 21.9 Å². The zero-order chi connectivity index (χ0) is 17.7. The molecule has 0 fully saturated rings. The quantitative estimate of drug-likeness (QED) is 0.570. The second-order valence-electron chi connectivity index (χ2n) is 6.20. The van der Waals surface area contributed by atoms with Crippen LogP contribution in [-0.4, -0.2) is 16.7 Å². The number of aryl methyl sites for hydroxylation is 2. The van der Waals surface area contributed by atoms with Gasteiger partial charge in [0.2, 0.25) is 0 Å². The summed E-state index contributed by atoms with van der Waals surface area (Å²) in [6.45, 7) is 2.06. The minimum atomic E-state index is -0.0946. The Hall–Kier alpha value is -2.72. The van der Waals surface area contributed by atoms with E-state index >= 15 is 0 Å². The number of aromatic amines is 1. The molecule has 0 aliphatic carbocycles. The van der Waals surface area contributed by atoms with Crippen LogP contribution in [0.4, 0.5) is 0 Å². The molecule has 4 aromatic rings. The molecule has 2 aromatic carbocycles. The van der Waals surface area contributed by atoms with Gasteiger partial charge >= 0.3 is 0 Å². The fraction of sp³-hybridized carbons (Fsp3) is 0.150. The van der Waals surface area contributed by atoms with Crippen molar-refractivity contribution < 1.29 is 4.74 Å². The lowest BCUT2D eigenvalue weighted by Gasteiger charge is -2.09. The summed E-state index contributed by atoms with van der Waals surface area (Å²) in [5.74, 6) is 0.661. The molecule has 0 bridgehead atoms. The van der Waals surface area contributed by atoms with Gasteiger partial charge in [0.15, 0.2) is 0 Å². The highest BCUT2D eigenvalue weighted by Crippen LogP contribution is 2.33. The monoisotopic (exact) mass is 352 g/mol.